The van der Waals surface area contributed by atoms with Crippen LogP contribution in [-0.2, 0) is 4.79 Å². The van der Waals surface area contributed by atoms with Gasteiger partial charge in [0, 0.05) is 11.6 Å². The standard InChI is InChI=1S/C16H19ClN4O3/c1-10(2)15-13(20-16(24)18-8-7-14(22)23)9-19-21(15)12-5-3-11(17)4-6-12/h3-6,9-10H,7-8H2,1-2H3,(H,22,23)(H2,18,20,24). The summed E-state index contributed by atoms with van der Waals surface area (Å²) in [6, 6.07) is 6.77. The fourth-order valence-corrected chi connectivity index (χ4v) is 2.37. The van der Waals surface area contributed by atoms with Crippen LogP contribution < -0.4 is 10.6 Å². The molecule has 0 fully saturated rings. The van der Waals surface area contributed by atoms with Crippen molar-refractivity contribution in [1.29, 1.82) is 0 Å². The molecule has 0 saturated heterocycles. The summed E-state index contributed by atoms with van der Waals surface area (Å²) in [5, 5.41) is 18.8. The number of amides is 2. The fraction of sp³-hybridized carbons (Fsp3) is 0.312. The number of carboxylic acids is 1. The first-order valence-corrected chi connectivity index (χ1v) is 7.86. The van der Waals surface area contributed by atoms with Crippen molar-refractivity contribution in [2.75, 3.05) is 11.9 Å². The molecular weight excluding hydrogens is 332 g/mol. The van der Waals surface area contributed by atoms with E-state index in [-0.39, 0.29) is 18.9 Å². The number of nitrogens with one attached hydrogen (secondary N) is 2. The fourth-order valence-electron chi connectivity index (χ4n) is 2.25. The van der Waals surface area contributed by atoms with E-state index < -0.39 is 12.0 Å². The van der Waals surface area contributed by atoms with Crippen LogP contribution in [0.2, 0.25) is 5.02 Å². The number of nitrogens with zero attached hydrogens (tertiary/aromatic N) is 2. The predicted molar refractivity (Wildman–Crippen MR) is 91.9 cm³/mol. The van der Waals surface area contributed by atoms with Crippen molar-refractivity contribution >= 4 is 29.3 Å². The number of aromatic nitrogens is 2. The Morgan fingerprint density at radius 2 is 1.96 bits per heavy atom. The van der Waals surface area contributed by atoms with Crippen molar-refractivity contribution < 1.29 is 14.7 Å². The lowest BCUT2D eigenvalue weighted by atomic mass is 10.1. The minimum atomic E-state index is -0.964. The summed E-state index contributed by atoms with van der Waals surface area (Å²) in [4.78, 5) is 22.4. The van der Waals surface area contributed by atoms with Gasteiger partial charge in [-0.1, -0.05) is 25.4 Å². The highest BCUT2D eigenvalue weighted by molar-refractivity contribution is 6.30. The van der Waals surface area contributed by atoms with E-state index in [4.69, 9.17) is 16.7 Å². The van der Waals surface area contributed by atoms with E-state index in [0.717, 1.165) is 11.4 Å². The Labute approximate surface area is 144 Å². The molecule has 8 heteroatoms. The maximum Gasteiger partial charge on any atom is 0.319 e. The Bertz CT molecular complexity index is 725. The zero-order valence-corrected chi connectivity index (χ0v) is 14.2. The monoisotopic (exact) mass is 350 g/mol. The lowest BCUT2D eigenvalue weighted by Crippen LogP contribution is -2.30. The first kappa shape index (κ1) is 17.8. The number of hydrogen-bond acceptors (Lipinski definition) is 3. The van der Waals surface area contributed by atoms with Crippen LogP contribution in [0.1, 0.15) is 31.9 Å². The van der Waals surface area contributed by atoms with Crippen molar-refractivity contribution in [3.63, 3.8) is 0 Å². The molecular formula is C16H19ClN4O3. The minimum absolute atomic E-state index is 0.0590. The van der Waals surface area contributed by atoms with E-state index in [9.17, 15) is 9.59 Å². The smallest absolute Gasteiger partial charge is 0.319 e. The summed E-state index contributed by atoms with van der Waals surface area (Å²) >= 11 is 5.91. The maximum absolute atomic E-state index is 11.9. The first-order valence-electron chi connectivity index (χ1n) is 7.49. The maximum atomic E-state index is 11.9. The molecule has 2 amide bonds. The number of carbonyl (C=O) groups is 2. The number of halogens is 1. The van der Waals surface area contributed by atoms with Crippen LogP contribution in [0.25, 0.3) is 5.69 Å². The van der Waals surface area contributed by atoms with Crippen molar-refractivity contribution in [3.05, 3.63) is 41.2 Å². The van der Waals surface area contributed by atoms with Crippen LogP contribution in [-0.4, -0.2) is 33.4 Å². The molecule has 1 heterocycles. The first-order chi connectivity index (χ1) is 11.4. The molecule has 3 N–H and O–H groups in total. The highest BCUT2D eigenvalue weighted by atomic mass is 35.5. The largest absolute Gasteiger partial charge is 0.481 e. The van der Waals surface area contributed by atoms with Gasteiger partial charge in [0.2, 0.25) is 0 Å². The quantitative estimate of drug-likeness (QED) is 0.745. The van der Waals surface area contributed by atoms with Gasteiger partial charge in [-0.3, -0.25) is 4.79 Å². The SMILES string of the molecule is CC(C)c1c(NC(=O)NCCC(=O)O)cnn1-c1ccc(Cl)cc1. The molecule has 2 rings (SSSR count). The van der Waals surface area contributed by atoms with Gasteiger partial charge < -0.3 is 15.7 Å². The number of carboxylic acid groups (broad SMARTS) is 1. The van der Waals surface area contributed by atoms with Gasteiger partial charge in [0.05, 0.1) is 29.7 Å². The molecule has 0 saturated carbocycles. The molecule has 1 aromatic carbocycles. The Hall–Kier alpha value is -2.54. The van der Waals surface area contributed by atoms with Gasteiger partial charge in [-0.15, -0.1) is 0 Å². The van der Waals surface area contributed by atoms with Crippen LogP contribution in [0.3, 0.4) is 0 Å². The summed E-state index contributed by atoms with van der Waals surface area (Å²) in [7, 11) is 0. The van der Waals surface area contributed by atoms with E-state index in [0.29, 0.717) is 10.7 Å². The number of carbonyl (C=O) groups excluding carboxylic acids is 1. The Morgan fingerprint density at radius 3 is 2.54 bits per heavy atom. The minimum Gasteiger partial charge on any atom is -0.481 e. The number of hydrogen-bond donors (Lipinski definition) is 3. The highest BCUT2D eigenvalue weighted by Gasteiger charge is 2.17. The summed E-state index contributed by atoms with van der Waals surface area (Å²) in [6.07, 6.45) is 1.44. The molecule has 0 atom stereocenters. The number of aliphatic carboxylic acids is 1. The predicted octanol–water partition coefficient (Wildman–Crippen LogP) is 3.25. The van der Waals surface area contributed by atoms with E-state index in [1.54, 1.807) is 23.0 Å². The number of urea groups is 1. The molecule has 0 unspecified atom stereocenters. The van der Waals surface area contributed by atoms with Crippen molar-refractivity contribution in [2.45, 2.75) is 26.2 Å². The van der Waals surface area contributed by atoms with Crippen LogP contribution in [0.4, 0.5) is 10.5 Å². The molecule has 128 valence electrons. The number of rotatable bonds is 6. The van der Waals surface area contributed by atoms with Gasteiger partial charge in [0.25, 0.3) is 0 Å². The molecule has 0 aliphatic carbocycles. The summed E-state index contributed by atoms with van der Waals surface area (Å²) < 4.78 is 1.74. The van der Waals surface area contributed by atoms with Crippen molar-refractivity contribution in [1.82, 2.24) is 15.1 Å². The van der Waals surface area contributed by atoms with Crippen LogP contribution in [0.15, 0.2) is 30.5 Å². The van der Waals surface area contributed by atoms with Crippen molar-refractivity contribution in [3.8, 4) is 5.69 Å². The van der Waals surface area contributed by atoms with E-state index >= 15 is 0 Å². The molecule has 0 radical (unpaired) electrons. The second-order valence-electron chi connectivity index (χ2n) is 5.51. The Morgan fingerprint density at radius 1 is 1.29 bits per heavy atom. The van der Waals surface area contributed by atoms with Crippen molar-refractivity contribution in [2.24, 2.45) is 0 Å². The average molecular weight is 351 g/mol. The Kier molecular flexibility index (Phi) is 5.81. The topological polar surface area (TPSA) is 96.2 Å². The van der Waals surface area contributed by atoms with E-state index in [1.807, 2.05) is 26.0 Å². The van der Waals surface area contributed by atoms with E-state index in [1.165, 1.54) is 0 Å². The average Bonchev–Trinajstić information content (AvgIpc) is 2.91. The lowest BCUT2D eigenvalue weighted by Gasteiger charge is -2.13. The van der Waals surface area contributed by atoms with Crippen LogP contribution in [0.5, 0.6) is 0 Å². The van der Waals surface area contributed by atoms with E-state index in [2.05, 4.69) is 15.7 Å². The summed E-state index contributed by atoms with van der Waals surface area (Å²) in [6.45, 7) is 4.05. The third-order valence-corrected chi connectivity index (χ3v) is 3.55. The van der Waals surface area contributed by atoms with Gasteiger partial charge in [-0.25, -0.2) is 9.48 Å². The van der Waals surface area contributed by atoms with Gasteiger partial charge in [-0.2, -0.15) is 5.10 Å². The lowest BCUT2D eigenvalue weighted by molar-refractivity contribution is -0.136. The third kappa shape index (κ3) is 4.48. The van der Waals surface area contributed by atoms with Crippen LogP contribution in [0, 0.1) is 0 Å². The molecule has 24 heavy (non-hydrogen) atoms. The molecule has 0 bridgehead atoms. The molecule has 1 aromatic heterocycles. The highest BCUT2D eigenvalue weighted by Crippen LogP contribution is 2.27. The molecule has 0 aliphatic heterocycles. The second-order valence-corrected chi connectivity index (χ2v) is 5.95. The normalized spacial score (nSPS) is 10.7. The molecule has 0 aliphatic rings. The Balaban J connectivity index is 2.17. The molecule has 0 spiro atoms. The zero-order valence-electron chi connectivity index (χ0n) is 13.4. The van der Waals surface area contributed by atoms with Crippen LogP contribution >= 0.6 is 11.6 Å². The van der Waals surface area contributed by atoms with Gasteiger partial charge in [-0.05, 0) is 30.2 Å². The second kappa shape index (κ2) is 7.83. The van der Waals surface area contributed by atoms with Gasteiger partial charge >= 0.3 is 12.0 Å². The number of anilines is 1. The summed E-state index contributed by atoms with van der Waals surface area (Å²) in [5.74, 6) is -0.855. The zero-order chi connectivity index (χ0) is 17.7. The van der Waals surface area contributed by atoms with Gasteiger partial charge in [0.15, 0.2) is 0 Å². The number of benzene rings is 1. The summed E-state index contributed by atoms with van der Waals surface area (Å²) in [5.41, 5.74) is 2.25. The van der Waals surface area contributed by atoms with Gasteiger partial charge in [0.1, 0.15) is 0 Å². The third-order valence-electron chi connectivity index (χ3n) is 3.30. The molecule has 7 nitrogen and oxygen atoms in total. The molecule has 2 aromatic rings.